The van der Waals surface area contributed by atoms with Gasteiger partial charge in [0, 0.05) is 38.5 Å². The van der Waals surface area contributed by atoms with Crippen molar-refractivity contribution in [1.82, 2.24) is 15.3 Å². The summed E-state index contributed by atoms with van der Waals surface area (Å²) in [6.45, 7) is 1.82. The molecule has 0 saturated carbocycles. The summed E-state index contributed by atoms with van der Waals surface area (Å²) in [5, 5.41) is 13.0. The Kier molecular flexibility index (Phi) is 4.03. The average Bonchev–Trinajstić information content (AvgIpc) is 3.15. The van der Waals surface area contributed by atoms with Crippen LogP contribution in [0.4, 0.5) is 5.95 Å². The van der Waals surface area contributed by atoms with E-state index in [-0.39, 0.29) is 25.1 Å². The average molecular weight is 292 g/mol. The van der Waals surface area contributed by atoms with E-state index in [0.29, 0.717) is 19.0 Å². The maximum Gasteiger partial charge on any atom is 0.242 e. The molecule has 1 amide bonds. The van der Waals surface area contributed by atoms with E-state index in [9.17, 15) is 9.90 Å². The van der Waals surface area contributed by atoms with Gasteiger partial charge in [0.15, 0.2) is 0 Å². The van der Waals surface area contributed by atoms with Crippen molar-refractivity contribution in [2.45, 2.75) is 30.9 Å². The fraction of sp³-hybridized carbons (Fsp3) is 0.643. The predicted molar refractivity (Wildman–Crippen MR) is 75.8 cm³/mol. The van der Waals surface area contributed by atoms with Crippen molar-refractivity contribution in [2.75, 3.05) is 31.2 Å². The SMILES string of the molecule is O=C(NCC1(O)CCOC1)C1CCCN1c1ncccn1. The Labute approximate surface area is 123 Å². The smallest absolute Gasteiger partial charge is 0.242 e. The van der Waals surface area contributed by atoms with Crippen molar-refractivity contribution >= 4 is 11.9 Å². The van der Waals surface area contributed by atoms with Gasteiger partial charge in [0.05, 0.1) is 6.61 Å². The summed E-state index contributed by atoms with van der Waals surface area (Å²) in [6, 6.07) is 1.49. The molecule has 1 aromatic rings. The van der Waals surface area contributed by atoms with Crippen molar-refractivity contribution < 1.29 is 14.6 Å². The molecule has 0 aromatic carbocycles. The van der Waals surface area contributed by atoms with Crippen LogP contribution in [0, 0.1) is 0 Å². The van der Waals surface area contributed by atoms with E-state index in [4.69, 9.17) is 4.74 Å². The summed E-state index contributed by atoms with van der Waals surface area (Å²) in [4.78, 5) is 22.7. The lowest BCUT2D eigenvalue weighted by Crippen LogP contribution is -2.49. The summed E-state index contributed by atoms with van der Waals surface area (Å²) in [5.74, 6) is 0.498. The van der Waals surface area contributed by atoms with Gasteiger partial charge in [-0.3, -0.25) is 4.79 Å². The molecule has 7 heteroatoms. The van der Waals surface area contributed by atoms with Crippen molar-refractivity contribution in [3.63, 3.8) is 0 Å². The van der Waals surface area contributed by atoms with Crippen LogP contribution in [-0.4, -0.2) is 58.9 Å². The fourth-order valence-electron chi connectivity index (χ4n) is 2.82. The van der Waals surface area contributed by atoms with Gasteiger partial charge < -0.3 is 20.1 Å². The third-order valence-electron chi connectivity index (χ3n) is 4.04. The lowest BCUT2D eigenvalue weighted by Gasteiger charge is -2.26. The number of aromatic nitrogens is 2. The molecule has 114 valence electrons. The highest BCUT2D eigenvalue weighted by Crippen LogP contribution is 2.22. The molecule has 2 fully saturated rings. The Morgan fingerprint density at radius 3 is 3.05 bits per heavy atom. The van der Waals surface area contributed by atoms with Gasteiger partial charge in [0.2, 0.25) is 11.9 Å². The number of amides is 1. The molecule has 2 N–H and O–H groups in total. The molecule has 2 saturated heterocycles. The molecule has 7 nitrogen and oxygen atoms in total. The number of ether oxygens (including phenoxy) is 1. The second-order valence-corrected chi connectivity index (χ2v) is 5.64. The van der Waals surface area contributed by atoms with E-state index in [1.165, 1.54) is 0 Å². The maximum atomic E-state index is 12.4. The maximum absolute atomic E-state index is 12.4. The Morgan fingerprint density at radius 2 is 2.33 bits per heavy atom. The standard InChI is InChI=1S/C14H20N4O3/c19-12(17-9-14(20)4-8-21-10-14)11-3-1-7-18(11)13-15-5-2-6-16-13/h2,5-6,11,20H,1,3-4,7-10H2,(H,17,19). The number of carbonyl (C=O) groups excluding carboxylic acids is 1. The number of aliphatic hydroxyl groups is 1. The highest BCUT2D eigenvalue weighted by Gasteiger charge is 2.36. The van der Waals surface area contributed by atoms with Crippen LogP contribution in [-0.2, 0) is 9.53 Å². The quantitative estimate of drug-likeness (QED) is 0.793. The topological polar surface area (TPSA) is 87.6 Å². The Hall–Kier alpha value is -1.73. The second-order valence-electron chi connectivity index (χ2n) is 5.64. The first-order valence-corrected chi connectivity index (χ1v) is 7.29. The van der Waals surface area contributed by atoms with Gasteiger partial charge in [-0.15, -0.1) is 0 Å². The molecule has 0 radical (unpaired) electrons. The van der Waals surface area contributed by atoms with Gasteiger partial charge in [-0.1, -0.05) is 0 Å². The van der Waals surface area contributed by atoms with E-state index in [0.717, 1.165) is 19.4 Å². The first-order valence-electron chi connectivity index (χ1n) is 7.29. The number of anilines is 1. The molecule has 2 unspecified atom stereocenters. The number of nitrogens with one attached hydrogen (secondary N) is 1. The number of nitrogens with zero attached hydrogens (tertiary/aromatic N) is 3. The second kappa shape index (κ2) is 5.95. The summed E-state index contributed by atoms with van der Waals surface area (Å²) in [6.07, 6.45) is 5.62. The molecule has 1 aromatic heterocycles. The molecular weight excluding hydrogens is 272 g/mol. The number of hydrogen-bond acceptors (Lipinski definition) is 6. The molecule has 21 heavy (non-hydrogen) atoms. The lowest BCUT2D eigenvalue weighted by atomic mass is 10.0. The van der Waals surface area contributed by atoms with Gasteiger partial charge in [0.25, 0.3) is 0 Å². The molecule has 0 spiro atoms. The zero-order valence-corrected chi connectivity index (χ0v) is 11.9. The number of carbonyl (C=O) groups is 1. The van der Waals surface area contributed by atoms with Crippen LogP contribution in [0.3, 0.4) is 0 Å². The third-order valence-corrected chi connectivity index (χ3v) is 4.04. The summed E-state index contributed by atoms with van der Waals surface area (Å²) >= 11 is 0. The van der Waals surface area contributed by atoms with Gasteiger partial charge in [0.1, 0.15) is 11.6 Å². The van der Waals surface area contributed by atoms with E-state index in [1.807, 2.05) is 4.90 Å². The molecule has 3 rings (SSSR count). The zero-order chi connectivity index (χ0) is 14.7. The van der Waals surface area contributed by atoms with Gasteiger partial charge >= 0.3 is 0 Å². The molecule has 2 aliphatic heterocycles. The van der Waals surface area contributed by atoms with Crippen molar-refractivity contribution in [1.29, 1.82) is 0 Å². The van der Waals surface area contributed by atoms with Crippen LogP contribution in [0.25, 0.3) is 0 Å². The Balaban J connectivity index is 1.61. The van der Waals surface area contributed by atoms with Gasteiger partial charge in [-0.25, -0.2) is 9.97 Å². The Bertz CT molecular complexity index is 490. The first-order chi connectivity index (χ1) is 10.2. The minimum atomic E-state index is -0.928. The normalized spacial score (nSPS) is 28.8. The molecule has 0 bridgehead atoms. The highest BCUT2D eigenvalue weighted by atomic mass is 16.5. The largest absolute Gasteiger partial charge is 0.386 e. The van der Waals surface area contributed by atoms with Crippen LogP contribution in [0.2, 0.25) is 0 Å². The lowest BCUT2D eigenvalue weighted by molar-refractivity contribution is -0.123. The molecular formula is C14H20N4O3. The summed E-state index contributed by atoms with van der Waals surface area (Å²) < 4.78 is 5.18. The van der Waals surface area contributed by atoms with Crippen molar-refractivity contribution in [2.24, 2.45) is 0 Å². The minimum absolute atomic E-state index is 0.0831. The Morgan fingerprint density at radius 1 is 1.52 bits per heavy atom. The van der Waals surface area contributed by atoms with Gasteiger partial charge in [-0.2, -0.15) is 0 Å². The van der Waals surface area contributed by atoms with Crippen LogP contribution in [0.15, 0.2) is 18.5 Å². The number of rotatable bonds is 4. The summed E-state index contributed by atoms with van der Waals surface area (Å²) in [7, 11) is 0. The van der Waals surface area contributed by atoms with E-state index in [2.05, 4.69) is 15.3 Å². The first kappa shape index (κ1) is 14.2. The van der Waals surface area contributed by atoms with Crippen molar-refractivity contribution in [3.8, 4) is 0 Å². The van der Waals surface area contributed by atoms with Gasteiger partial charge in [-0.05, 0) is 18.9 Å². The third kappa shape index (κ3) is 3.14. The molecule has 0 aliphatic carbocycles. The predicted octanol–water partition coefficient (Wildman–Crippen LogP) is -0.287. The molecule has 2 atom stereocenters. The van der Waals surface area contributed by atoms with Crippen LogP contribution in [0.5, 0.6) is 0 Å². The summed E-state index contributed by atoms with van der Waals surface area (Å²) in [5.41, 5.74) is -0.928. The molecule has 3 heterocycles. The van der Waals surface area contributed by atoms with Crippen LogP contribution >= 0.6 is 0 Å². The van der Waals surface area contributed by atoms with Crippen molar-refractivity contribution in [3.05, 3.63) is 18.5 Å². The van der Waals surface area contributed by atoms with E-state index >= 15 is 0 Å². The zero-order valence-electron chi connectivity index (χ0n) is 11.9. The highest BCUT2D eigenvalue weighted by molar-refractivity contribution is 5.85. The monoisotopic (exact) mass is 292 g/mol. The minimum Gasteiger partial charge on any atom is -0.386 e. The van der Waals surface area contributed by atoms with Crippen LogP contribution in [0.1, 0.15) is 19.3 Å². The number of hydrogen-bond donors (Lipinski definition) is 2. The molecule has 2 aliphatic rings. The van der Waals surface area contributed by atoms with Crippen LogP contribution < -0.4 is 10.2 Å². The van der Waals surface area contributed by atoms with E-state index in [1.54, 1.807) is 18.5 Å². The fourth-order valence-corrected chi connectivity index (χ4v) is 2.82. The van der Waals surface area contributed by atoms with E-state index < -0.39 is 5.60 Å².